The number of carbonyl (C=O) groups is 2. The third-order valence-electron chi connectivity index (χ3n) is 3.30. The Morgan fingerprint density at radius 3 is 2.65 bits per heavy atom. The molecule has 0 spiro atoms. The Morgan fingerprint density at radius 2 is 2.10 bits per heavy atom. The van der Waals surface area contributed by atoms with Gasteiger partial charge >= 0.3 is 18.2 Å². The fourth-order valence-electron chi connectivity index (χ4n) is 2.17. The molecule has 1 fully saturated rings. The molecule has 2 N–H and O–H groups in total. The monoisotopic (exact) mass is 296 g/mol. The molecule has 0 aromatic rings. The second kappa shape index (κ2) is 6.81. The number of halogens is 3. The van der Waals surface area contributed by atoms with E-state index in [1.165, 1.54) is 0 Å². The van der Waals surface area contributed by atoms with E-state index in [-0.39, 0.29) is 31.8 Å². The first-order valence-corrected chi connectivity index (χ1v) is 6.51. The van der Waals surface area contributed by atoms with Crippen LogP contribution in [0.25, 0.3) is 0 Å². The minimum atomic E-state index is -4.28. The third-order valence-corrected chi connectivity index (χ3v) is 3.30. The van der Waals surface area contributed by atoms with Gasteiger partial charge in [-0.3, -0.25) is 4.79 Å². The normalized spacial score (nSPS) is 21.4. The molecule has 2 atom stereocenters. The Labute approximate surface area is 115 Å². The van der Waals surface area contributed by atoms with Gasteiger partial charge < -0.3 is 15.3 Å². The molecule has 2 amide bonds. The van der Waals surface area contributed by atoms with Crippen LogP contribution in [0.1, 0.15) is 26.2 Å². The van der Waals surface area contributed by atoms with Crippen LogP contribution in [0.4, 0.5) is 18.0 Å². The molecule has 8 heteroatoms. The molecule has 0 aromatic carbocycles. The third kappa shape index (κ3) is 5.26. The summed E-state index contributed by atoms with van der Waals surface area (Å²) in [6, 6.07) is -0.559. The highest BCUT2D eigenvalue weighted by Crippen LogP contribution is 2.33. The average Bonchev–Trinajstić information content (AvgIpc) is 2.34. The van der Waals surface area contributed by atoms with Crippen molar-refractivity contribution in [1.82, 2.24) is 10.2 Å². The van der Waals surface area contributed by atoms with Crippen LogP contribution in [-0.2, 0) is 4.79 Å². The van der Waals surface area contributed by atoms with E-state index in [9.17, 15) is 22.8 Å². The Kier molecular flexibility index (Phi) is 5.64. The summed E-state index contributed by atoms with van der Waals surface area (Å²) in [5.41, 5.74) is 0. The van der Waals surface area contributed by atoms with Crippen molar-refractivity contribution in [2.45, 2.75) is 32.4 Å². The molecule has 1 aliphatic rings. The lowest BCUT2D eigenvalue weighted by Gasteiger charge is -2.33. The van der Waals surface area contributed by atoms with E-state index < -0.39 is 24.1 Å². The molecule has 0 aliphatic carbocycles. The first kappa shape index (κ1) is 16.6. The number of alkyl halides is 3. The second-order valence-electron chi connectivity index (χ2n) is 5.22. The summed E-state index contributed by atoms with van der Waals surface area (Å²) in [5.74, 6) is -2.71. The Morgan fingerprint density at radius 1 is 1.45 bits per heavy atom. The summed E-state index contributed by atoms with van der Waals surface area (Å²) in [5, 5.41) is 11.1. The number of carboxylic acid groups (broad SMARTS) is 1. The lowest BCUT2D eigenvalue weighted by atomic mass is 9.98. The van der Waals surface area contributed by atoms with Gasteiger partial charge in [0.05, 0.1) is 5.92 Å². The Balaban J connectivity index is 2.41. The number of hydrogen-bond donors (Lipinski definition) is 2. The number of piperidine rings is 1. The predicted octanol–water partition coefficient (Wildman–Crippen LogP) is 2.08. The van der Waals surface area contributed by atoms with Gasteiger partial charge in [-0.05, 0) is 18.8 Å². The molecular weight excluding hydrogens is 277 g/mol. The van der Waals surface area contributed by atoms with Gasteiger partial charge in [0.2, 0.25) is 0 Å². The lowest BCUT2D eigenvalue weighted by Crippen LogP contribution is -2.49. The molecule has 0 bridgehead atoms. The van der Waals surface area contributed by atoms with E-state index in [2.05, 4.69) is 5.32 Å². The van der Waals surface area contributed by atoms with Crippen LogP contribution in [0, 0.1) is 11.8 Å². The SMILES string of the molecule is CC(CNC(=O)N1CCCC(C(F)(F)F)C1)CC(=O)O. The van der Waals surface area contributed by atoms with E-state index in [1.807, 2.05) is 0 Å². The molecule has 1 rings (SSSR count). The van der Waals surface area contributed by atoms with Crippen molar-refractivity contribution in [3.8, 4) is 0 Å². The molecule has 2 unspecified atom stereocenters. The minimum absolute atomic E-state index is 0.0443. The van der Waals surface area contributed by atoms with Crippen LogP contribution in [0.5, 0.6) is 0 Å². The minimum Gasteiger partial charge on any atom is -0.481 e. The number of nitrogens with zero attached hydrogens (tertiary/aromatic N) is 1. The van der Waals surface area contributed by atoms with Crippen molar-refractivity contribution in [3.05, 3.63) is 0 Å². The highest BCUT2D eigenvalue weighted by molar-refractivity contribution is 5.74. The predicted molar refractivity (Wildman–Crippen MR) is 65.2 cm³/mol. The van der Waals surface area contributed by atoms with Crippen molar-refractivity contribution >= 4 is 12.0 Å². The number of nitrogens with one attached hydrogen (secondary N) is 1. The zero-order chi connectivity index (χ0) is 15.3. The largest absolute Gasteiger partial charge is 0.481 e. The summed E-state index contributed by atoms with van der Waals surface area (Å²) < 4.78 is 37.8. The molecule has 0 radical (unpaired) electrons. The highest BCUT2D eigenvalue weighted by Gasteiger charge is 2.42. The number of amides is 2. The van der Waals surface area contributed by atoms with E-state index in [0.717, 1.165) is 4.90 Å². The van der Waals surface area contributed by atoms with Gasteiger partial charge in [-0.1, -0.05) is 6.92 Å². The number of carbonyl (C=O) groups excluding carboxylic acids is 1. The Hall–Kier alpha value is -1.47. The summed E-state index contributed by atoms with van der Waals surface area (Å²) >= 11 is 0. The zero-order valence-electron chi connectivity index (χ0n) is 11.2. The van der Waals surface area contributed by atoms with E-state index in [4.69, 9.17) is 5.11 Å². The van der Waals surface area contributed by atoms with Crippen molar-refractivity contribution in [3.63, 3.8) is 0 Å². The van der Waals surface area contributed by atoms with Crippen molar-refractivity contribution in [1.29, 1.82) is 0 Å². The van der Waals surface area contributed by atoms with Gasteiger partial charge in [-0.2, -0.15) is 13.2 Å². The highest BCUT2D eigenvalue weighted by atomic mass is 19.4. The molecule has 20 heavy (non-hydrogen) atoms. The van der Waals surface area contributed by atoms with E-state index in [1.54, 1.807) is 6.92 Å². The summed E-state index contributed by atoms with van der Waals surface area (Å²) in [6.45, 7) is 1.76. The van der Waals surface area contributed by atoms with Crippen LogP contribution in [0.2, 0.25) is 0 Å². The number of aliphatic carboxylic acids is 1. The topological polar surface area (TPSA) is 69.6 Å². The molecule has 116 valence electrons. The van der Waals surface area contributed by atoms with Gasteiger partial charge in [0.25, 0.3) is 0 Å². The molecule has 1 saturated heterocycles. The van der Waals surface area contributed by atoms with Crippen LogP contribution >= 0.6 is 0 Å². The smallest absolute Gasteiger partial charge is 0.393 e. The number of urea groups is 1. The van der Waals surface area contributed by atoms with Crippen molar-refractivity contribution in [2.24, 2.45) is 11.8 Å². The molecule has 1 aliphatic heterocycles. The Bertz CT molecular complexity index is 360. The van der Waals surface area contributed by atoms with Crippen LogP contribution in [0.15, 0.2) is 0 Å². The number of hydrogen-bond acceptors (Lipinski definition) is 2. The molecule has 1 heterocycles. The lowest BCUT2D eigenvalue weighted by molar-refractivity contribution is -0.184. The van der Waals surface area contributed by atoms with Crippen molar-refractivity contribution in [2.75, 3.05) is 19.6 Å². The van der Waals surface area contributed by atoms with Crippen LogP contribution < -0.4 is 5.32 Å². The molecular formula is C12H19F3N2O3. The average molecular weight is 296 g/mol. The summed E-state index contributed by atoms with van der Waals surface area (Å²) in [7, 11) is 0. The van der Waals surface area contributed by atoms with Crippen molar-refractivity contribution < 1.29 is 27.9 Å². The first-order valence-electron chi connectivity index (χ1n) is 6.51. The summed E-state index contributed by atoms with van der Waals surface area (Å²) in [6.07, 6.45) is -4.01. The van der Waals surface area contributed by atoms with Gasteiger partial charge in [-0.25, -0.2) is 4.79 Å². The molecule has 0 aromatic heterocycles. The number of rotatable bonds is 4. The second-order valence-corrected chi connectivity index (χ2v) is 5.22. The number of likely N-dealkylation sites (tertiary alicyclic amines) is 1. The maximum absolute atomic E-state index is 12.6. The molecule has 5 nitrogen and oxygen atoms in total. The maximum atomic E-state index is 12.6. The standard InChI is InChI=1S/C12H19F3N2O3/c1-8(5-10(18)19)6-16-11(20)17-4-2-3-9(7-17)12(13,14)15/h8-9H,2-7H2,1H3,(H,16,20)(H,18,19). The maximum Gasteiger partial charge on any atom is 0.393 e. The van der Waals surface area contributed by atoms with Crippen LogP contribution in [-0.4, -0.2) is 47.8 Å². The zero-order valence-corrected chi connectivity index (χ0v) is 11.2. The van der Waals surface area contributed by atoms with Gasteiger partial charge in [0, 0.05) is 26.1 Å². The van der Waals surface area contributed by atoms with Crippen LogP contribution in [0.3, 0.4) is 0 Å². The summed E-state index contributed by atoms with van der Waals surface area (Å²) in [4.78, 5) is 23.4. The fourth-order valence-corrected chi connectivity index (χ4v) is 2.17. The van der Waals surface area contributed by atoms with E-state index >= 15 is 0 Å². The van der Waals surface area contributed by atoms with Gasteiger partial charge in [0.15, 0.2) is 0 Å². The molecule has 0 saturated carbocycles. The van der Waals surface area contributed by atoms with Gasteiger partial charge in [0.1, 0.15) is 0 Å². The number of carboxylic acids is 1. The quantitative estimate of drug-likeness (QED) is 0.834. The van der Waals surface area contributed by atoms with E-state index in [0.29, 0.717) is 13.0 Å². The first-order chi connectivity index (χ1) is 9.20. The fraction of sp³-hybridized carbons (Fsp3) is 0.833. The van der Waals surface area contributed by atoms with Gasteiger partial charge in [-0.15, -0.1) is 0 Å².